The second-order valence-electron chi connectivity index (χ2n) is 7.02. The van der Waals surface area contributed by atoms with Crippen LogP contribution in [0.3, 0.4) is 0 Å². The Balaban J connectivity index is 1.77. The van der Waals surface area contributed by atoms with Crippen molar-refractivity contribution in [2.24, 2.45) is 5.92 Å². The van der Waals surface area contributed by atoms with Crippen LogP contribution < -0.4 is 4.90 Å². The first-order valence-electron chi connectivity index (χ1n) is 8.96. The number of rotatable bonds is 4. The summed E-state index contributed by atoms with van der Waals surface area (Å²) < 4.78 is 4.90. The highest BCUT2D eigenvalue weighted by atomic mass is 16.5. The van der Waals surface area contributed by atoms with Gasteiger partial charge in [0.25, 0.3) is 0 Å². The zero-order valence-electron chi connectivity index (χ0n) is 15.6. The quantitative estimate of drug-likeness (QED) is 0.783. The van der Waals surface area contributed by atoms with E-state index in [1.165, 1.54) is 18.2 Å². The number of hydrogen-bond acceptors (Lipinski definition) is 4. The van der Waals surface area contributed by atoms with Crippen LogP contribution in [-0.2, 0) is 11.2 Å². The van der Waals surface area contributed by atoms with Crippen molar-refractivity contribution in [2.75, 3.05) is 25.1 Å². The van der Waals surface area contributed by atoms with E-state index >= 15 is 0 Å². The zero-order chi connectivity index (χ0) is 18.7. The number of hydrogen-bond donors (Lipinski definition) is 0. The number of carbonyl (C=O) groups excluding carboxylic acids is 1. The van der Waals surface area contributed by atoms with Gasteiger partial charge in [-0.3, -0.25) is 0 Å². The maximum atomic E-state index is 12.0. The lowest BCUT2D eigenvalue weighted by molar-refractivity contribution is 0.0599. The topological polar surface area (TPSA) is 53.3 Å². The number of anilines is 1. The van der Waals surface area contributed by atoms with Crippen LogP contribution in [0, 0.1) is 31.1 Å². The summed E-state index contributed by atoms with van der Waals surface area (Å²) in [4.78, 5) is 14.3. The lowest BCUT2D eigenvalue weighted by Crippen LogP contribution is -2.21. The molecule has 1 aliphatic rings. The highest BCUT2D eigenvalue weighted by Gasteiger charge is 2.25. The standard InChI is InChI=1S/C22H24N2O2/c1-15-10-16(2)20(22(25)26-3)12-19(15)11-17-8-9-24(14-17)21-7-5-4-6-18(21)13-23/h4-7,10,12,17H,8-9,11,14H2,1-3H3. The van der Waals surface area contributed by atoms with E-state index in [2.05, 4.69) is 24.0 Å². The molecule has 26 heavy (non-hydrogen) atoms. The van der Waals surface area contributed by atoms with Gasteiger partial charge >= 0.3 is 5.97 Å². The van der Waals surface area contributed by atoms with E-state index in [-0.39, 0.29) is 5.97 Å². The maximum Gasteiger partial charge on any atom is 0.338 e. The molecule has 0 radical (unpaired) electrons. The number of benzene rings is 2. The van der Waals surface area contributed by atoms with E-state index < -0.39 is 0 Å². The fraction of sp³-hybridized carbons (Fsp3) is 0.364. The molecule has 0 spiro atoms. The van der Waals surface area contributed by atoms with Crippen LogP contribution in [-0.4, -0.2) is 26.2 Å². The van der Waals surface area contributed by atoms with Crippen molar-refractivity contribution < 1.29 is 9.53 Å². The van der Waals surface area contributed by atoms with Gasteiger partial charge in [0.1, 0.15) is 6.07 Å². The van der Waals surface area contributed by atoms with Crippen LogP contribution in [0.15, 0.2) is 36.4 Å². The number of aryl methyl sites for hydroxylation is 2. The van der Waals surface area contributed by atoms with Gasteiger partial charge in [0.2, 0.25) is 0 Å². The van der Waals surface area contributed by atoms with Crippen LogP contribution in [0.2, 0.25) is 0 Å². The third-order valence-corrected chi connectivity index (χ3v) is 5.25. The van der Waals surface area contributed by atoms with E-state index in [0.29, 0.717) is 11.5 Å². The van der Waals surface area contributed by atoms with E-state index in [9.17, 15) is 10.1 Å². The molecule has 1 saturated heterocycles. The molecule has 4 heteroatoms. The Labute approximate surface area is 155 Å². The summed E-state index contributed by atoms with van der Waals surface area (Å²) >= 11 is 0. The molecule has 0 aliphatic carbocycles. The Kier molecular flexibility index (Phi) is 5.27. The summed E-state index contributed by atoms with van der Waals surface area (Å²) in [5, 5.41) is 9.33. The van der Waals surface area contributed by atoms with E-state index in [1.807, 2.05) is 37.3 Å². The van der Waals surface area contributed by atoms with Gasteiger partial charge in [0.15, 0.2) is 0 Å². The second-order valence-corrected chi connectivity index (χ2v) is 7.02. The molecule has 134 valence electrons. The van der Waals surface area contributed by atoms with Crippen LogP contribution >= 0.6 is 0 Å². The Morgan fingerprint density at radius 3 is 2.77 bits per heavy atom. The first-order chi connectivity index (χ1) is 12.5. The number of esters is 1. The van der Waals surface area contributed by atoms with Crippen LogP contribution in [0.25, 0.3) is 0 Å². The second kappa shape index (κ2) is 7.61. The van der Waals surface area contributed by atoms with Gasteiger partial charge in [-0.05, 0) is 67.5 Å². The number of methoxy groups -OCH3 is 1. The Morgan fingerprint density at radius 1 is 1.27 bits per heavy atom. The van der Waals surface area contributed by atoms with E-state index in [1.54, 1.807) is 0 Å². The predicted octanol–water partition coefficient (Wildman–Crippen LogP) is 4.03. The molecule has 1 heterocycles. The fourth-order valence-corrected chi connectivity index (χ4v) is 3.82. The van der Waals surface area contributed by atoms with Crippen LogP contribution in [0.1, 0.15) is 39.0 Å². The molecule has 2 aromatic carbocycles. The van der Waals surface area contributed by atoms with Gasteiger partial charge in [0.05, 0.1) is 23.9 Å². The number of nitriles is 1. The molecule has 0 aromatic heterocycles. The van der Waals surface area contributed by atoms with Gasteiger partial charge < -0.3 is 9.64 Å². The Hall–Kier alpha value is -2.80. The minimum Gasteiger partial charge on any atom is -0.465 e. The molecule has 2 aromatic rings. The van der Waals surface area contributed by atoms with Crippen molar-refractivity contribution in [3.63, 3.8) is 0 Å². The minimum absolute atomic E-state index is 0.278. The lowest BCUT2D eigenvalue weighted by Gasteiger charge is -2.20. The van der Waals surface area contributed by atoms with E-state index in [0.717, 1.165) is 42.7 Å². The molecule has 3 rings (SSSR count). The van der Waals surface area contributed by atoms with Gasteiger partial charge in [0, 0.05) is 13.1 Å². The summed E-state index contributed by atoms with van der Waals surface area (Å²) in [7, 11) is 1.42. The predicted molar refractivity (Wildman–Crippen MR) is 102 cm³/mol. The Bertz CT molecular complexity index is 867. The minimum atomic E-state index is -0.278. The Morgan fingerprint density at radius 2 is 2.04 bits per heavy atom. The van der Waals surface area contributed by atoms with Crippen molar-refractivity contribution in [1.82, 2.24) is 0 Å². The average molecular weight is 348 g/mol. The average Bonchev–Trinajstić information content (AvgIpc) is 3.11. The monoisotopic (exact) mass is 348 g/mol. The van der Waals surface area contributed by atoms with Crippen molar-refractivity contribution >= 4 is 11.7 Å². The van der Waals surface area contributed by atoms with Crippen molar-refractivity contribution in [2.45, 2.75) is 26.7 Å². The van der Waals surface area contributed by atoms with Crippen molar-refractivity contribution in [3.8, 4) is 6.07 Å². The summed E-state index contributed by atoms with van der Waals surface area (Å²) in [5.41, 5.74) is 5.77. The molecule has 0 saturated carbocycles. The number of para-hydroxylation sites is 1. The molecule has 0 bridgehead atoms. The summed E-state index contributed by atoms with van der Waals surface area (Å²) in [5.74, 6) is 0.230. The first-order valence-corrected chi connectivity index (χ1v) is 8.96. The SMILES string of the molecule is COC(=O)c1cc(CC2CCN(c3ccccc3C#N)C2)c(C)cc1C. The molecule has 1 fully saturated rings. The molecule has 1 aliphatic heterocycles. The molecular formula is C22H24N2O2. The number of ether oxygens (including phenoxy) is 1. The molecule has 1 unspecified atom stereocenters. The number of carbonyl (C=O) groups is 1. The largest absolute Gasteiger partial charge is 0.465 e. The van der Waals surface area contributed by atoms with Crippen LogP contribution in [0.4, 0.5) is 5.69 Å². The van der Waals surface area contributed by atoms with Crippen molar-refractivity contribution in [1.29, 1.82) is 5.26 Å². The van der Waals surface area contributed by atoms with Crippen LogP contribution in [0.5, 0.6) is 0 Å². The van der Waals surface area contributed by atoms with Gasteiger partial charge in [-0.2, -0.15) is 5.26 Å². The fourth-order valence-electron chi connectivity index (χ4n) is 3.82. The zero-order valence-corrected chi connectivity index (χ0v) is 15.6. The molecule has 4 nitrogen and oxygen atoms in total. The summed E-state index contributed by atoms with van der Waals surface area (Å²) in [6.07, 6.45) is 2.02. The van der Waals surface area contributed by atoms with E-state index in [4.69, 9.17) is 4.74 Å². The smallest absolute Gasteiger partial charge is 0.338 e. The molecule has 0 N–H and O–H groups in total. The third kappa shape index (κ3) is 3.57. The molecular weight excluding hydrogens is 324 g/mol. The molecule has 0 amide bonds. The highest BCUT2D eigenvalue weighted by Crippen LogP contribution is 2.29. The lowest BCUT2D eigenvalue weighted by atomic mass is 9.92. The summed E-state index contributed by atoms with van der Waals surface area (Å²) in [6, 6.07) is 14.1. The first kappa shape index (κ1) is 18.0. The number of nitrogens with zero attached hydrogens (tertiary/aromatic N) is 2. The van der Waals surface area contributed by atoms with Gasteiger partial charge in [-0.1, -0.05) is 18.2 Å². The van der Waals surface area contributed by atoms with Gasteiger partial charge in [-0.15, -0.1) is 0 Å². The normalized spacial score (nSPS) is 16.4. The van der Waals surface area contributed by atoms with Gasteiger partial charge in [-0.25, -0.2) is 4.79 Å². The maximum absolute atomic E-state index is 12.0. The summed E-state index contributed by atoms with van der Waals surface area (Å²) in [6.45, 7) is 5.93. The van der Waals surface area contributed by atoms with Crippen molar-refractivity contribution in [3.05, 3.63) is 64.2 Å². The third-order valence-electron chi connectivity index (χ3n) is 5.25. The highest BCUT2D eigenvalue weighted by molar-refractivity contribution is 5.91. The molecule has 1 atom stereocenters.